The maximum atomic E-state index is 6.78. The molecule has 2 nitrogen and oxygen atoms in total. The van der Waals surface area contributed by atoms with Gasteiger partial charge in [-0.25, -0.2) is 4.85 Å². The SMILES string of the molecule is [C-]#[N+]c1cc(C)ncc1C. The van der Waals surface area contributed by atoms with E-state index in [4.69, 9.17) is 6.57 Å². The third-order valence-corrected chi connectivity index (χ3v) is 1.33. The van der Waals surface area contributed by atoms with Crippen molar-refractivity contribution < 1.29 is 0 Å². The maximum absolute atomic E-state index is 6.78. The van der Waals surface area contributed by atoms with E-state index in [2.05, 4.69) is 9.83 Å². The molecular formula is C8H8N2. The van der Waals surface area contributed by atoms with Gasteiger partial charge in [-0.15, -0.1) is 0 Å². The van der Waals surface area contributed by atoms with Gasteiger partial charge in [0.15, 0.2) is 5.69 Å². The summed E-state index contributed by atoms with van der Waals surface area (Å²) in [7, 11) is 0. The van der Waals surface area contributed by atoms with Crippen LogP contribution in [0.5, 0.6) is 0 Å². The monoisotopic (exact) mass is 132 g/mol. The van der Waals surface area contributed by atoms with Gasteiger partial charge in [-0.3, -0.25) is 4.98 Å². The Morgan fingerprint density at radius 2 is 2.20 bits per heavy atom. The van der Waals surface area contributed by atoms with Crippen molar-refractivity contribution in [3.05, 3.63) is 34.9 Å². The molecule has 2 heteroatoms. The smallest absolute Gasteiger partial charge is 0.193 e. The van der Waals surface area contributed by atoms with Crippen molar-refractivity contribution in [2.75, 3.05) is 0 Å². The summed E-state index contributed by atoms with van der Waals surface area (Å²) < 4.78 is 0. The maximum Gasteiger partial charge on any atom is 0.193 e. The zero-order valence-corrected chi connectivity index (χ0v) is 6.05. The quantitative estimate of drug-likeness (QED) is 0.495. The van der Waals surface area contributed by atoms with Crippen LogP contribution < -0.4 is 0 Å². The molecule has 10 heavy (non-hydrogen) atoms. The number of hydrogen-bond acceptors (Lipinski definition) is 1. The van der Waals surface area contributed by atoms with E-state index in [1.54, 1.807) is 12.3 Å². The predicted octanol–water partition coefficient (Wildman–Crippen LogP) is 2.25. The molecule has 0 spiro atoms. The Kier molecular flexibility index (Phi) is 1.68. The number of nitrogens with zero attached hydrogens (tertiary/aromatic N) is 2. The highest BCUT2D eigenvalue weighted by Crippen LogP contribution is 2.16. The first-order valence-corrected chi connectivity index (χ1v) is 3.05. The zero-order valence-electron chi connectivity index (χ0n) is 6.05. The minimum Gasteiger partial charge on any atom is -0.264 e. The second kappa shape index (κ2) is 2.49. The summed E-state index contributed by atoms with van der Waals surface area (Å²) in [5.74, 6) is 0. The van der Waals surface area contributed by atoms with Gasteiger partial charge in [0.05, 0.1) is 6.57 Å². The lowest BCUT2D eigenvalue weighted by molar-refractivity contribution is 1.18. The Morgan fingerprint density at radius 1 is 1.50 bits per heavy atom. The molecule has 0 bridgehead atoms. The Labute approximate surface area is 60.3 Å². The molecule has 0 radical (unpaired) electrons. The van der Waals surface area contributed by atoms with Crippen LogP contribution in [0.25, 0.3) is 4.85 Å². The van der Waals surface area contributed by atoms with Crippen LogP contribution in [0.2, 0.25) is 0 Å². The average Bonchev–Trinajstić information content (AvgIpc) is 1.94. The number of pyridine rings is 1. The van der Waals surface area contributed by atoms with Crippen LogP contribution in [0.1, 0.15) is 11.3 Å². The summed E-state index contributed by atoms with van der Waals surface area (Å²) in [4.78, 5) is 7.38. The third kappa shape index (κ3) is 1.14. The Hall–Kier alpha value is -1.36. The molecule has 1 aromatic rings. The molecule has 0 aliphatic rings. The fourth-order valence-corrected chi connectivity index (χ4v) is 0.734. The highest BCUT2D eigenvalue weighted by molar-refractivity contribution is 5.50. The Balaban J connectivity index is 3.25. The minimum absolute atomic E-state index is 0.701. The first-order chi connectivity index (χ1) is 4.74. The van der Waals surface area contributed by atoms with Gasteiger partial charge in [0.2, 0.25) is 0 Å². The average molecular weight is 132 g/mol. The van der Waals surface area contributed by atoms with Gasteiger partial charge in [-0.05, 0) is 25.5 Å². The molecule has 0 saturated carbocycles. The summed E-state index contributed by atoms with van der Waals surface area (Å²) in [6, 6.07) is 1.79. The highest BCUT2D eigenvalue weighted by atomic mass is 14.7. The molecule has 0 aromatic carbocycles. The zero-order chi connectivity index (χ0) is 7.56. The molecule has 1 aromatic heterocycles. The molecule has 1 heterocycles. The number of aromatic nitrogens is 1. The third-order valence-electron chi connectivity index (χ3n) is 1.33. The van der Waals surface area contributed by atoms with Gasteiger partial charge in [0, 0.05) is 11.9 Å². The van der Waals surface area contributed by atoms with Gasteiger partial charge in [0.25, 0.3) is 0 Å². The molecule has 0 amide bonds. The lowest BCUT2D eigenvalue weighted by Gasteiger charge is -1.95. The lowest BCUT2D eigenvalue weighted by Crippen LogP contribution is -1.80. The van der Waals surface area contributed by atoms with Crippen LogP contribution in [-0.2, 0) is 0 Å². The van der Waals surface area contributed by atoms with Gasteiger partial charge in [-0.2, -0.15) is 0 Å². The van der Waals surface area contributed by atoms with E-state index in [9.17, 15) is 0 Å². The standard InChI is InChI=1S/C8H8N2/c1-6-5-10-7(2)4-8(6)9-3/h4-5H,1-2H3. The summed E-state index contributed by atoms with van der Waals surface area (Å²) in [6.45, 7) is 10.6. The van der Waals surface area contributed by atoms with E-state index in [-0.39, 0.29) is 0 Å². The topological polar surface area (TPSA) is 17.2 Å². The second-order valence-electron chi connectivity index (χ2n) is 2.22. The number of aryl methyl sites for hydroxylation is 2. The Bertz CT molecular complexity index is 284. The summed E-state index contributed by atoms with van der Waals surface area (Å²) in [6.07, 6.45) is 1.72. The molecule has 0 saturated heterocycles. The lowest BCUT2D eigenvalue weighted by atomic mass is 10.2. The summed E-state index contributed by atoms with van der Waals surface area (Å²) in [5, 5.41) is 0. The molecular weight excluding hydrogens is 124 g/mol. The Morgan fingerprint density at radius 3 is 2.70 bits per heavy atom. The first-order valence-electron chi connectivity index (χ1n) is 3.05. The van der Waals surface area contributed by atoms with Crippen LogP contribution in [0.4, 0.5) is 5.69 Å². The van der Waals surface area contributed by atoms with Crippen molar-refractivity contribution >= 4 is 5.69 Å². The van der Waals surface area contributed by atoms with E-state index < -0.39 is 0 Å². The summed E-state index contributed by atoms with van der Waals surface area (Å²) >= 11 is 0. The number of hydrogen-bond donors (Lipinski definition) is 0. The van der Waals surface area contributed by atoms with Crippen molar-refractivity contribution in [2.24, 2.45) is 0 Å². The van der Waals surface area contributed by atoms with Crippen LogP contribution in [-0.4, -0.2) is 4.98 Å². The van der Waals surface area contributed by atoms with Crippen LogP contribution >= 0.6 is 0 Å². The molecule has 0 N–H and O–H groups in total. The fraction of sp³-hybridized carbons (Fsp3) is 0.250. The molecule has 0 atom stereocenters. The van der Waals surface area contributed by atoms with Gasteiger partial charge in [0.1, 0.15) is 0 Å². The van der Waals surface area contributed by atoms with Crippen LogP contribution in [0.3, 0.4) is 0 Å². The molecule has 0 aliphatic heterocycles. The van der Waals surface area contributed by atoms with E-state index >= 15 is 0 Å². The van der Waals surface area contributed by atoms with Gasteiger partial charge < -0.3 is 0 Å². The minimum atomic E-state index is 0.701. The number of rotatable bonds is 0. The fourth-order valence-electron chi connectivity index (χ4n) is 0.734. The normalized spacial score (nSPS) is 8.90. The van der Waals surface area contributed by atoms with Crippen molar-refractivity contribution in [3.63, 3.8) is 0 Å². The molecule has 0 aliphatic carbocycles. The predicted molar refractivity (Wildman–Crippen MR) is 40.0 cm³/mol. The van der Waals surface area contributed by atoms with E-state index in [1.165, 1.54) is 0 Å². The van der Waals surface area contributed by atoms with Gasteiger partial charge >= 0.3 is 0 Å². The highest BCUT2D eigenvalue weighted by Gasteiger charge is 1.95. The molecule has 50 valence electrons. The van der Waals surface area contributed by atoms with Crippen molar-refractivity contribution in [1.82, 2.24) is 4.98 Å². The van der Waals surface area contributed by atoms with Gasteiger partial charge in [-0.1, -0.05) is 0 Å². The molecule has 1 rings (SSSR count). The van der Waals surface area contributed by atoms with Crippen molar-refractivity contribution in [3.8, 4) is 0 Å². The van der Waals surface area contributed by atoms with Crippen molar-refractivity contribution in [2.45, 2.75) is 13.8 Å². The second-order valence-corrected chi connectivity index (χ2v) is 2.22. The summed E-state index contributed by atoms with van der Waals surface area (Å²) in [5.41, 5.74) is 2.55. The molecule has 0 unspecified atom stereocenters. The van der Waals surface area contributed by atoms with E-state index in [0.29, 0.717) is 5.69 Å². The van der Waals surface area contributed by atoms with Crippen molar-refractivity contribution in [1.29, 1.82) is 0 Å². The molecule has 0 fully saturated rings. The van der Waals surface area contributed by atoms with E-state index in [0.717, 1.165) is 11.3 Å². The largest absolute Gasteiger partial charge is 0.264 e. The first kappa shape index (κ1) is 6.76. The van der Waals surface area contributed by atoms with E-state index in [1.807, 2.05) is 13.8 Å². The van der Waals surface area contributed by atoms with Crippen LogP contribution in [0.15, 0.2) is 12.3 Å². The van der Waals surface area contributed by atoms with Crippen LogP contribution in [0, 0.1) is 20.4 Å².